The molecule has 1 atom stereocenters. The Labute approximate surface area is 65.6 Å². The predicted molar refractivity (Wildman–Crippen MR) is 38.8 cm³/mol. The summed E-state index contributed by atoms with van der Waals surface area (Å²) in [6, 6.07) is 1.93. The van der Waals surface area contributed by atoms with E-state index in [0.717, 1.165) is 18.9 Å². The largest absolute Gasteiger partial charge is 0.339 e. The van der Waals surface area contributed by atoms with Crippen molar-refractivity contribution in [2.75, 3.05) is 6.61 Å². The minimum absolute atomic E-state index is 0.146. The van der Waals surface area contributed by atoms with Crippen LogP contribution in [0.25, 0.3) is 0 Å². The number of ether oxygens (including phenoxy) is 1. The number of hydrogen-bond acceptors (Lipinski definition) is 2. The third-order valence-corrected chi connectivity index (χ3v) is 1.93. The monoisotopic (exact) mass is 151 g/mol. The second-order valence-corrected chi connectivity index (χ2v) is 2.66. The van der Waals surface area contributed by atoms with Crippen LogP contribution in [0.15, 0.2) is 18.5 Å². The first-order valence-corrected chi connectivity index (χ1v) is 3.84. The summed E-state index contributed by atoms with van der Waals surface area (Å²) in [5.74, 6) is 1.12. The van der Waals surface area contributed by atoms with Crippen LogP contribution in [0, 0.1) is 0 Å². The highest BCUT2D eigenvalue weighted by Crippen LogP contribution is 2.05. The second kappa shape index (κ2) is 2.58. The summed E-state index contributed by atoms with van der Waals surface area (Å²) in [5.41, 5.74) is 0. The average Bonchev–Trinajstić information content (AvgIpc) is 2.06. The molecular formula is C8H11N2O+. The molecule has 0 bridgehead atoms. The van der Waals surface area contributed by atoms with E-state index in [1.807, 2.05) is 25.4 Å². The van der Waals surface area contributed by atoms with Crippen LogP contribution in [-0.2, 0) is 11.2 Å². The topological polar surface area (TPSA) is 26.0 Å². The summed E-state index contributed by atoms with van der Waals surface area (Å²) in [6.07, 6.45) is 4.90. The van der Waals surface area contributed by atoms with Crippen molar-refractivity contribution in [2.45, 2.75) is 19.6 Å². The first-order valence-electron chi connectivity index (χ1n) is 3.84. The molecule has 1 unspecified atom stereocenters. The van der Waals surface area contributed by atoms with Crippen LogP contribution in [0.5, 0.6) is 0 Å². The van der Waals surface area contributed by atoms with E-state index in [4.69, 9.17) is 4.74 Å². The van der Waals surface area contributed by atoms with E-state index in [1.54, 1.807) is 0 Å². The molecule has 1 aliphatic rings. The van der Waals surface area contributed by atoms with Crippen LogP contribution >= 0.6 is 0 Å². The summed E-state index contributed by atoms with van der Waals surface area (Å²) < 4.78 is 7.49. The van der Waals surface area contributed by atoms with Gasteiger partial charge in [-0.05, 0) is 0 Å². The Balaban J connectivity index is 2.44. The van der Waals surface area contributed by atoms with Gasteiger partial charge in [0.15, 0.2) is 6.23 Å². The highest BCUT2D eigenvalue weighted by Gasteiger charge is 2.22. The van der Waals surface area contributed by atoms with Gasteiger partial charge in [-0.3, -0.25) is 0 Å². The molecule has 3 nitrogen and oxygen atoms in total. The molecule has 0 saturated heterocycles. The summed E-state index contributed by atoms with van der Waals surface area (Å²) in [6.45, 7) is 2.82. The molecule has 0 fully saturated rings. The fourth-order valence-electron chi connectivity index (χ4n) is 1.34. The Kier molecular flexibility index (Phi) is 1.58. The van der Waals surface area contributed by atoms with Gasteiger partial charge in [0.1, 0.15) is 6.20 Å². The van der Waals surface area contributed by atoms with Crippen LogP contribution < -0.4 is 4.57 Å². The molecule has 1 aliphatic heterocycles. The summed E-state index contributed by atoms with van der Waals surface area (Å²) in [7, 11) is 0. The fraction of sp³-hybridized carbons (Fsp3) is 0.500. The van der Waals surface area contributed by atoms with Crippen molar-refractivity contribution in [3.05, 3.63) is 24.3 Å². The van der Waals surface area contributed by atoms with Crippen LogP contribution in [0.4, 0.5) is 0 Å². The maximum absolute atomic E-state index is 5.43. The van der Waals surface area contributed by atoms with Gasteiger partial charge in [-0.1, -0.05) is 4.98 Å². The quantitative estimate of drug-likeness (QED) is 0.503. The molecular weight excluding hydrogens is 140 g/mol. The highest BCUT2D eigenvalue weighted by atomic mass is 16.5. The van der Waals surface area contributed by atoms with Crippen LogP contribution in [0.2, 0.25) is 0 Å². The lowest BCUT2D eigenvalue weighted by atomic mass is 10.3. The Hall–Kier alpha value is -0.960. The first kappa shape index (κ1) is 6.73. The Bertz CT molecular complexity index is 262. The summed E-state index contributed by atoms with van der Waals surface area (Å²) >= 11 is 0. The Morgan fingerprint density at radius 3 is 3.45 bits per heavy atom. The molecule has 1 aromatic heterocycles. The van der Waals surface area contributed by atoms with Crippen molar-refractivity contribution in [2.24, 2.45) is 0 Å². The van der Waals surface area contributed by atoms with E-state index in [1.165, 1.54) is 0 Å². The number of nitrogens with zero attached hydrogens (tertiary/aromatic N) is 2. The van der Waals surface area contributed by atoms with Crippen molar-refractivity contribution in [3.8, 4) is 0 Å². The third-order valence-electron chi connectivity index (χ3n) is 1.93. The molecule has 0 saturated carbocycles. The normalized spacial score (nSPS) is 22.8. The molecule has 58 valence electrons. The van der Waals surface area contributed by atoms with Gasteiger partial charge in [0.25, 0.3) is 0 Å². The zero-order valence-corrected chi connectivity index (χ0v) is 6.53. The minimum Gasteiger partial charge on any atom is -0.339 e. The van der Waals surface area contributed by atoms with Crippen molar-refractivity contribution < 1.29 is 9.30 Å². The molecule has 2 rings (SSSR count). The number of aromatic nitrogens is 2. The lowest BCUT2D eigenvalue weighted by Crippen LogP contribution is -2.47. The van der Waals surface area contributed by atoms with Gasteiger partial charge in [0.05, 0.1) is 19.2 Å². The molecule has 0 radical (unpaired) electrons. The van der Waals surface area contributed by atoms with Gasteiger partial charge in [-0.2, -0.15) is 0 Å². The first-order chi connectivity index (χ1) is 5.38. The number of rotatable bonds is 0. The van der Waals surface area contributed by atoms with Crippen LogP contribution in [0.3, 0.4) is 0 Å². The van der Waals surface area contributed by atoms with Gasteiger partial charge in [0.2, 0.25) is 0 Å². The van der Waals surface area contributed by atoms with E-state index >= 15 is 0 Å². The van der Waals surface area contributed by atoms with Crippen LogP contribution in [-0.4, -0.2) is 11.6 Å². The van der Waals surface area contributed by atoms with Crippen molar-refractivity contribution >= 4 is 0 Å². The number of hydrogen-bond donors (Lipinski definition) is 0. The molecule has 2 heterocycles. The van der Waals surface area contributed by atoms with Crippen molar-refractivity contribution in [1.82, 2.24) is 4.98 Å². The third kappa shape index (κ3) is 1.12. The van der Waals surface area contributed by atoms with E-state index in [0.29, 0.717) is 0 Å². The van der Waals surface area contributed by atoms with Gasteiger partial charge in [0, 0.05) is 13.0 Å². The molecule has 1 aromatic rings. The van der Waals surface area contributed by atoms with Crippen LogP contribution in [0.1, 0.15) is 19.0 Å². The molecule has 3 heteroatoms. The van der Waals surface area contributed by atoms with Crippen molar-refractivity contribution in [1.29, 1.82) is 0 Å². The average molecular weight is 151 g/mol. The minimum atomic E-state index is 0.146. The van der Waals surface area contributed by atoms with E-state index in [-0.39, 0.29) is 6.23 Å². The smallest absolute Gasteiger partial charge is 0.302 e. The zero-order chi connectivity index (χ0) is 7.68. The standard InChI is InChI=1S/C8H11N2O/c1-7-10-5-2-4-9-8(10)3-6-11-7/h2,4-5,7H,3,6H2,1H3/q+1. The predicted octanol–water partition coefficient (Wildman–Crippen LogP) is 0.460. The van der Waals surface area contributed by atoms with Gasteiger partial charge >= 0.3 is 5.82 Å². The SMILES string of the molecule is CC1OCCc2nccc[n+]21. The van der Waals surface area contributed by atoms with Gasteiger partial charge < -0.3 is 4.74 Å². The van der Waals surface area contributed by atoms with Crippen molar-refractivity contribution in [3.63, 3.8) is 0 Å². The van der Waals surface area contributed by atoms with E-state index in [9.17, 15) is 0 Å². The number of fused-ring (bicyclic) bond motifs is 1. The van der Waals surface area contributed by atoms with Gasteiger partial charge in [-0.25, -0.2) is 4.57 Å². The van der Waals surface area contributed by atoms with E-state index < -0.39 is 0 Å². The Morgan fingerprint density at radius 1 is 1.73 bits per heavy atom. The molecule has 0 amide bonds. The molecule has 0 aliphatic carbocycles. The van der Waals surface area contributed by atoms with Gasteiger partial charge in [-0.15, -0.1) is 0 Å². The molecule has 11 heavy (non-hydrogen) atoms. The Morgan fingerprint density at radius 2 is 2.64 bits per heavy atom. The summed E-state index contributed by atoms with van der Waals surface area (Å²) in [4.78, 5) is 4.25. The molecule has 0 spiro atoms. The maximum atomic E-state index is 5.43. The maximum Gasteiger partial charge on any atom is 0.302 e. The van der Waals surface area contributed by atoms with E-state index in [2.05, 4.69) is 9.55 Å². The lowest BCUT2D eigenvalue weighted by molar-refractivity contribution is -0.775. The molecule has 0 N–H and O–H groups in total. The zero-order valence-electron chi connectivity index (χ0n) is 6.53. The highest BCUT2D eigenvalue weighted by molar-refractivity contribution is 4.81. The molecule has 0 aromatic carbocycles. The fourth-order valence-corrected chi connectivity index (χ4v) is 1.34. The second-order valence-electron chi connectivity index (χ2n) is 2.66. The lowest BCUT2D eigenvalue weighted by Gasteiger charge is -2.17. The summed E-state index contributed by atoms with van der Waals surface area (Å²) in [5, 5.41) is 0.